The summed E-state index contributed by atoms with van der Waals surface area (Å²) in [6.07, 6.45) is -2.40. The molecule has 0 aliphatic carbocycles. The van der Waals surface area contributed by atoms with Crippen LogP contribution in [-0.4, -0.2) is 29.1 Å². The van der Waals surface area contributed by atoms with Crippen LogP contribution in [-0.2, 0) is 9.53 Å². The highest BCUT2D eigenvalue weighted by molar-refractivity contribution is 5.96. The highest BCUT2D eigenvalue weighted by Gasteiger charge is 2.44. The zero-order valence-corrected chi connectivity index (χ0v) is 9.95. The number of carbonyl (C=O) groups is 2. The van der Waals surface area contributed by atoms with Gasteiger partial charge in [-0.1, -0.05) is 30.3 Å². The maximum absolute atomic E-state index is 11.7. The SMILES string of the molecule is CC1C(c2ccccc2)OC(=O)N1C(=O)C(N)N. The summed E-state index contributed by atoms with van der Waals surface area (Å²) in [5.41, 5.74) is 11.4. The Morgan fingerprint density at radius 2 is 1.94 bits per heavy atom. The summed E-state index contributed by atoms with van der Waals surface area (Å²) >= 11 is 0. The molecular formula is C12H15N3O3. The van der Waals surface area contributed by atoms with Crippen molar-refractivity contribution in [1.82, 2.24) is 4.90 Å². The third kappa shape index (κ3) is 2.07. The minimum atomic E-state index is -1.21. The average molecular weight is 249 g/mol. The van der Waals surface area contributed by atoms with Crippen LogP contribution in [0.5, 0.6) is 0 Å². The smallest absolute Gasteiger partial charge is 0.417 e. The highest BCUT2D eigenvalue weighted by atomic mass is 16.6. The minimum Gasteiger partial charge on any atom is -0.439 e. The Bertz CT molecular complexity index is 461. The lowest BCUT2D eigenvalue weighted by Crippen LogP contribution is -2.51. The van der Waals surface area contributed by atoms with Crippen LogP contribution in [0.4, 0.5) is 4.79 Å². The van der Waals surface area contributed by atoms with Crippen molar-refractivity contribution in [1.29, 1.82) is 0 Å². The van der Waals surface area contributed by atoms with Crippen LogP contribution in [0.25, 0.3) is 0 Å². The molecule has 2 rings (SSSR count). The van der Waals surface area contributed by atoms with E-state index in [-0.39, 0.29) is 0 Å². The van der Waals surface area contributed by atoms with Crippen molar-refractivity contribution >= 4 is 12.0 Å². The standard InChI is InChI=1S/C12H15N3O3/c1-7-9(8-5-3-2-4-6-8)18-12(17)15(7)11(16)10(13)14/h2-7,9-10H,13-14H2,1H3. The van der Waals surface area contributed by atoms with Gasteiger partial charge in [-0.2, -0.15) is 0 Å². The van der Waals surface area contributed by atoms with Crippen molar-refractivity contribution in [3.63, 3.8) is 0 Å². The van der Waals surface area contributed by atoms with E-state index >= 15 is 0 Å². The van der Waals surface area contributed by atoms with Crippen molar-refractivity contribution in [3.05, 3.63) is 35.9 Å². The van der Waals surface area contributed by atoms with E-state index in [4.69, 9.17) is 16.2 Å². The van der Waals surface area contributed by atoms with E-state index in [1.165, 1.54) is 0 Å². The lowest BCUT2D eigenvalue weighted by molar-refractivity contribution is -0.130. The average Bonchev–Trinajstić information content (AvgIpc) is 2.65. The van der Waals surface area contributed by atoms with Gasteiger partial charge in [0, 0.05) is 0 Å². The molecule has 96 valence electrons. The van der Waals surface area contributed by atoms with E-state index in [2.05, 4.69) is 0 Å². The first-order valence-electron chi connectivity index (χ1n) is 5.62. The maximum atomic E-state index is 11.7. The zero-order chi connectivity index (χ0) is 13.3. The van der Waals surface area contributed by atoms with Crippen LogP contribution in [0.2, 0.25) is 0 Å². The third-order valence-electron chi connectivity index (χ3n) is 2.92. The Kier molecular flexibility index (Phi) is 3.31. The quantitative estimate of drug-likeness (QED) is 0.736. The molecule has 2 atom stereocenters. The van der Waals surface area contributed by atoms with Gasteiger partial charge in [0.05, 0.1) is 6.04 Å². The molecule has 1 aliphatic heterocycles. The summed E-state index contributed by atoms with van der Waals surface area (Å²) in [4.78, 5) is 24.4. The lowest BCUT2D eigenvalue weighted by Gasteiger charge is -2.20. The van der Waals surface area contributed by atoms with Gasteiger partial charge < -0.3 is 16.2 Å². The van der Waals surface area contributed by atoms with E-state index in [1.54, 1.807) is 6.92 Å². The van der Waals surface area contributed by atoms with E-state index in [0.29, 0.717) is 0 Å². The van der Waals surface area contributed by atoms with Gasteiger partial charge in [-0.25, -0.2) is 9.69 Å². The molecule has 4 N–H and O–H groups in total. The first-order valence-corrected chi connectivity index (χ1v) is 5.62. The number of cyclic esters (lactones) is 1. The first-order chi connectivity index (χ1) is 8.52. The Labute approximate surface area is 104 Å². The molecule has 6 heteroatoms. The molecule has 2 amide bonds. The van der Waals surface area contributed by atoms with Gasteiger partial charge in [0.15, 0.2) is 0 Å². The van der Waals surface area contributed by atoms with Gasteiger partial charge in [-0.05, 0) is 12.5 Å². The number of hydrogen-bond acceptors (Lipinski definition) is 5. The van der Waals surface area contributed by atoms with Crippen molar-refractivity contribution in [3.8, 4) is 0 Å². The number of carbonyl (C=O) groups excluding carboxylic acids is 2. The van der Waals surface area contributed by atoms with Crippen molar-refractivity contribution in [2.45, 2.75) is 25.2 Å². The van der Waals surface area contributed by atoms with E-state index in [1.807, 2.05) is 30.3 Å². The number of amides is 2. The highest BCUT2D eigenvalue weighted by Crippen LogP contribution is 2.32. The van der Waals surface area contributed by atoms with Gasteiger partial charge in [0.2, 0.25) is 0 Å². The lowest BCUT2D eigenvalue weighted by atomic mass is 10.0. The largest absolute Gasteiger partial charge is 0.439 e. The fourth-order valence-corrected chi connectivity index (χ4v) is 2.01. The Morgan fingerprint density at radius 3 is 2.50 bits per heavy atom. The molecule has 1 saturated heterocycles. The van der Waals surface area contributed by atoms with Crippen LogP contribution < -0.4 is 11.5 Å². The van der Waals surface area contributed by atoms with Gasteiger partial charge >= 0.3 is 6.09 Å². The molecule has 1 aromatic rings. The molecule has 6 nitrogen and oxygen atoms in total. The molecule has 1 aromatic carbocycles. The Morgan fingerprint density at radius 1 is 1.33 bits per heavy atom. The molecule has 0 saturated carbocycles. The van der Waals surface area contributed by atoms with Crippen molar-refractivity contribution < 1.29 is 14.3 Å². The van der Waals surface area contributed by atoms with Crippen LogP contribution in [0.3, 0.4) is 0 Å². The molecule has 0 radical (unpaired) electrons. The number of imide groups is 1. The summed E-state index contributed by atoms with van der Waals surface area (Å²) in [7, 11) is 0. The second-order valence-electron chi connectivity index (χ2n) is 4.19. The predicted octanol–water partition coefficient (Wildman–Crippen LogP) is 0.339. The molecule has 2 unspecified atom stereocenters. The molecular weight excluding hydrogens is 234 g/mol. The summed E-state index contributed by atoms with van der Waals surface area (Å²) in [6.45, 7) is 1.73. The fraction of sp³-hybridized carbons (Fsp3) is 0.333. The molecule has 0 bridgehead atoms. The summed E-state index contributed by atoms with van der Waals surface area (Å²) in [5.74, 6) is -0.633. The van der Waals surface area contributed by atoms with E-state index in [9.17, 15) is 9.59 Å². The molecule has 1 aliphatic rings. The molecule has 0 aromatic heterocycles. The third-order valence-corrected chi connectivity index (χ3v) is 2.92. The Hall–Kier alpha value is -1.92. The number of rotatable bonds is 2. The summed E-state index contributed by atoms with van der Waals surface area (Å²) in [6, 6.07) is 8.80. The molecule has 1 heterocycles. The van der Waals surface area contributed by atoms with Gasteiger partial charge in [-0.15, -0.1) is 0 Å². The van der Waals surface area contributed by atoms with Crippen molar-refractivity contribution in [2.75, 3.05) is 0 Å². The van der Waals surface area contributed by atoms with Gasteiger partial charge in [-0.3, -0.25) is 4.79 Å². The number of nitrogens with zero attached hydrogens (tertiary/aromatic N) is 1. The monoisotopic (exact) mass is 249 g/mol. The summed E-state index contributed by atoms with van der Waals surface area (Å²) in [5, 5.41) is 0. The van der Waals surface area contributed by atoms with Crippen LogP contribution in [0.15, 0.2) is 30.3 Å². The first kappa shape index (κ1) is 12.5. The fourth-order valence-electron chi connectivity index (χ4n) is 2.01. The number of ether oxygens (including phenoxy) is 1. The van der Waals surface area contributed by atoms with E-state index < -0.39 is 30.3 Å². The molecule has 0 spiro atoms. The zero-order valence-electron chi connectivity index (χ0n) is 9.95. The summed E-state index contributed by atoms with van der Waals surface area (Å²) < 4.78 is 5.20. The topological polar surface area (TPSA) is 98.6 Å². The van der Waals surface area contributed by atoms with Crippen LogP contribution in [0, 0.1) is 0 Å². The van der Waals surface area contributed by atoms with Crippen LogP contribution in [0.1, 0.15) is 18.6 Å². The second kappa shape index (κ2) is 4.75. The predicted molar refractivity (Wildman–Crippen MR) is 64.1 cm³/mol. The molecule has 18 heavy (non-hydrogen) atoms. The Balaban J connectivity index is 2.24. The van der Waals surface area contributed by atoms with Gasteiger partial charge in [0.25, 0.3) is 5.91 Å². The van der Waals surface area contributed by atoms with Gasteiger partial charge in [0.1, 0.15) is 12.3 Å². The number of benzene rings is 1. The van der Waals surface area contributed by atoms with Crippen molar-refractivity contribution in [2.24, 2.45) is 11.5 Å². The number of nitrogens with two attached hydrogens (primary N) is 2. The van der Waals surface area contributed by atoms with Crippen LogP contribution >= 0.6 is 0 Å². The number of hydrogen-bond donors (Lipinski definition) is 2. The maximum Gasteiger partial charge on any atom is 0.417 e. The minimum absolute atomic E-state index is 0.429. The second-order valence-corrected chi connectivity index (χ2v) is 4.19. The molecule has 1 fully saturated rings. The normalized spacial score (nSPS) is 23.3. The van der Waals surface area contributed by atoms with E-state index in [0.717, 1.165) is 10.5 Å².